The number of halogens is 1. The maximum absolute atomic E-state index is 10.7. The molecule has 0 saturated carbocycles. The van der Waals surface area contributed by atoms with Gasteiger partial charge in [-0.1, -0.05) is 6.07 Å². The molecular weight excluding hydrogens is 329 g/mol. The van der Waals surface area contributed by atoms with Gasteiger partial charge in [0.1, 0.15) is 0 Å². The summed E-state index contributed by atoms with van der Waals surface area (Å²) in [5, 5.41) is 12.0. The molecular formula is C13H10INO2. The van der Waals surface area contributed by atoms with Crippen molar-refractivity contribution < 1.29 is 9.90 Å². The van der Waals surface area contributed by atoms with Gasteiger partial charge in [0.2, 0.25) is 0 Å². The molecule has 2 rings (SSSR count). The minimum Gasteiger partial charge on any atom is -0.478 e. The van der Waals surface area contributed by atoms with Gasteiger partial charge in [-0.05, 0) is 65.1 Å². The molecule has 0 aliphatic rings. The molecule has 86 valence electrons. The summed E-state index contributed by atoms with van der Waals surface area (Å²) in [7, 11) is 0. The fourth-order valence-electron chi connectivity index (χ4n) is 1.43. The molecule has 0 bridgehead atoms. The number of rotatable bonds is 3. The second-order valence-corrected chi connectivity index (χ2v) is 4.76. The number of hydrogen-bond donors (Lipinski definition) is 2. The van der Waals surface area contributed by atoms with Gasteiger partial charge < -0.3 is 10.4 Å². The van der Waals surface area contributed by atoms with Crippen molar-refractivity contribution in [1.82, 2.24) is 0 Å². The standard InChI is InChI=1S/C13H10INO2/c14-10-2-1-3-12(8-10)15-11-6-4-9(5-7-11)13(16)17/h1-8,15H,(H,16,17). The summed E-state index contributed by atoms with van der Waals surface area (Å²) >= 11 is 2.24. The third-order valence-electron chi connectivity index (χ3n) is 2.25. The number of aromatic carboxylic acids is 1. The van der Waals surface area contributed by atoms with Crippen molar-refractivity contribution in [1.29, 1.82) is 0 Å². The van der Waals surface area contributed by atoms with E-state index < -0.39 is 5.97 Å². The molecule has 2 aromatic rings. The Morgan fingerprint density at radius 3 is 2.35 bits per heavy atom. The summed E-state index contributed by atoms with van der Waals surface area (Å²) in [5.74, 6) is -0.911. The van der Waals surface area contributed by atoms with E-state index in [1.807, 2.05) is 24.3 Å². The van der Waals surface area contributed by atoms with Crippen molar-refractivity contribution in [2.45, 2.75) is 0 Å². The molecule has 0 saturated heterocycles. The summed E-state index contributed by atoms with van der Waals surface area (Å²) in [5.41, 5.74) is 2.15. The average molecular weight is 339 g/mol. The van der Waals surface area contributed by atoms with E-state index in [2.05, 4.69) is 27.9 Å². The lowest BCUT2D eigenvalue weighted by molar-refractivity contribution is 0.0697. The van der Waals surface area contributed by atoms with Crippen LogP contribution in [-0.2, 0) is 0 Å². The van der Waals surface area contributed by atoms with Crippen molar-refractivity contribution in [3.05, 3.63) is 57.7 Å². The number of anilines is 2. The van der Waals surface area contributed by atoms with Gasteiger partial charge in [-0.2, -0.15) is 0 Å². The molecule has 2 aromatic carbocycles. The highest BCUT2D eigenvalue weighted by atomic mass is 127. The first kappa shape index (κ1) is 11.9. The lowest BCUT2D eigenvalue weighted by atomic mass is 10.2. The van der Waals surface area contributed by atoms with E-state index in [4.69, 9.17) is 5.11 Å². The summed E-state index contributed by atoms with van der Waals surface area (Å²) in [6.45, 7) is 0. The Kier molecular flexibility index (Phi) is 3.63. The molecule has 3 nitrogen and oxygen atoms in total. The Morgan fingerprint density at radius 2 is 1.76 bits per heavy atom. The number of carboxylic acids is 1. The van der Waals surface area contributed by atoms with E-state index in [-0.39, 0.29) is 5.56 Å². The fraction of sp³-hybridized carbons (Fsp3) is 0. The van der Waals surface area contributed by atoms with Gasteiger partial charge in [0.25, 0.3) is 0 Å². The molecule has 0 spiro atoms. The van der Waals surface area contributed by atoms with Crippen molar-refractivity contribution in [3.63, 3.8) is 0 Å². The molecule has 0 amide bonds. The minimum atomic E-state index is -0.911. The Bertz CT molecular complexity index is 537. The number of carbonyl (C=O) groups is 1. The predicted octanol–water partition coefficient (Wildman–Crippen LogP) is 3.73. The van der Waals surface area contributed by atoms with E-state index in [1.54, 1.807) is 24.3 Å². The molecule has 0 aromatic heterocycles. The van der Waals surface area contributed by atoms with Crippen LogP contribution in [0.1, 0.15) is 10.4 Å². The van der Waals surface area contributed by atoms with Crippen LogP contribution in [0.3, 0.4) is 0 Å². The minimum absolute atomic E-state index is 0.290. The molecule has 0 unspecified atom stereocenters. The lowest BCUT2D eigenvalue weighted by Crippen LogP contribution is -1.96. The SMILES string of the molecule is O=C(O)c1ccc(Nc2cccc(I)c2)cc1. The lowest BCUT2D eigenvalue weighted by Gasteiger charge is -2.06. The first-order chi connectivity index (χ1) is 8.15. The zero-order valence-electron chi connectivity index (χ0n) is 8.85. The van der Waals surface area contributed by atoms with E-state index in [0.717, 1.165) is 14.9 Å². The van der Waals surface area contributed by atoms with Gasteiger partial charge in [-0.3, -0.25) is 0 Å². The van der Waals surface area contributed by atoms with Gasteiger partial charge in [0, 0.05) is 14.9 Å². The Morgan fingerprint density at radius 1 is 1.06 bits per heavy atom. The third kappa shape index (κ3) is 3.20. The number of nitrogens with one attached hydrogen (secondary N) is 1. The first-order valence-electron chi connectivity index (χ1n) is 5.01. The van der Waals surface area contributed by atoms with Crippen LogP contribution in [0.5, 0.6) is 0 Å². The van der Waals surface area contributed by atoms with Gasteiger partial charge in [-0.15, -0.1) is 0 Å². The van der Waals surface area contributed by atoms with Gasteiger partial charge in [0.15, 0.2) is 0 Å². The van der Waals surface area contributed by atoms with Crippen LogP contribution in [0.15, 0.2) is 48.5 Å². The van der Waals surface area contributed by atoms with Crippen molar-refractivity contribution in [3.8, 4) is 0 Å². The third-order valence-corrected chi connectivity index (χ3v) is 2.92. The van der Waals surface area contributed by atoms with Crippen LogP contribution in [-0.4, -0.2) is 11.1 Å². The molecule has 0 aliphatic carbocycles. The van der Waals surface area contributed by atoms with E-state index in [9.17, 15) is 4.79 Å². The predicted molar refractivity (Wildman–Crippen MR) is 75.8 cm³/mol. The highest BCUT2D eigenvalue weighted by Gasteiger charge is 2.01. The topological polar surface area (TPSA) is 49.3 Å². The number of benzene rings is 2. The Hall–Kier alpha value is -1.56. The zero-order valence-corrected chi connectivity index (χ0v) is 11.0. The highest BCUT2D eigenvalue weighted by Crippen LogP contribution is 2.19. The van der Waals surface area contributed by atoms with Crippen LogP contribution in [0, 0.1) is 3.57 Å². The zero-order chi connectivity index (χ0) is 12.3. The van der Waals surface area contributed by atoms with Crippen molar-refractivity contribution in [2.24, 2.45) is 0 Å². The quantitative estimate of drug-likeness (QED) is 0.838. The Balaban J connectivity index is 2.16. The molecule has 0 atom stereocenters. The van der Waals surface area contributed by atoms with Crippen LogP contribution in [0.25, 0.3) is 0 Å². The summed E-state index contributed by atoms with van der Waals surface area (Å²) < 4.78 is 1.15. The van der Waals surface area contributed by atoms with E-state index in [1.165, 1.54) is 0 Å². The molecule has 2 N–H and O–H groups in total. The Labute approximate surface area is 113 Å². The molecule has 0 fully saturated rings. The maximum Gasteiger partial charge on any atom is 0.335 e. The van der Waals surface area contributed by atoms with Crippen molar-refractivity contribution in [2.75, 3.05) is 5.32 Å². The van der Waals surface area contributed by atoms with E-state index in [0.29, 0.717) is 0 Å². The second kappa shape index (κ2) is 5.18. The summed E-state index contributed by atoms with van der Waals surface area (Å²) in [4.78, 5) is 10.7. The normalized spacial score (nSPS) is 9.94. The monoisotopic (exact) mass is 339 g/mol. The molecule has 0 aliphatic heterocycles. The van der Waals surface area contributed by atoms with Crippen molar-refractivity contribution >= 4 is 39.9 Å². The van der Waals surface area contributed by atoms with Gasteiger partial charge in [0.05, 0.1) is 5.56 Å². The smallest absolute Gasteiger partial charge is 0.335 e. The maximum atomic E-state index is 10.7. The fourth-order valence-corrected chi connectivity index (χ4v) is 1.97. The molecule has 0 heterocycles. The second-order valence-electron chi connectivity index (χ2n) is 3.52. The molecule has 0 radical (unpaired) electrons. The van der Waals surface area contributed by atoms with Crippen LogP contribution < -0.4 is 5.32 Å². The van der Waals surface area contributed by atoms with Gasteiger partial charge in [-0.25, -0.2) is 4.79 Å². The van der Waals surface area contributed by atoms with E-state index >= 15 is 0 Å². The number of carboxylic acid groups (broad SMARTS) is 1. The van der Waals surface area contributed by atoms with Crippen LogP contribution >= 0.6 is 22.6 Å². The van der Waals surface area contributed by atoms with Crippen LogP contribution in [0.2, 0.25) is 0 Å². The summed E-state index contributed by atoms with van der Waals surface area (Å²) in [6, 6.07) is 14.6. The first-order valence-corrected chi connectivity index (χ1v) is 6.09. The summed E-state index contributed by atoms with van der Waals surface area (Å²) in [6.07, 6.45) is 0. The molecule has 17 heavy (non-hydrogen) atoms. The average Bonchev–Trinajstić information content (AvgIpc) is 2.29. The van der Waals surface area contributed by atoms with Gasteiger partial charge >= 0.3 is 5.97 Å². The molecule has 4 heteroatoms. The number of hydrogen-bond acceptors (Lipinski definition) is 2. The highest BCUT2D eigenvalue weighted by molar-refractivity contribution is 14.1. The van der Waals surface area contributed by atoms with Crippen LogP contribution in [0.4, 0.5) is 11.4 Å². The largest absolute Gasteiger partial charge is 0.478 e.